The molecule has 1 atom stereocenters. The molecule has 1 nitrogen and oxygen atoms in total. The van der Waals surface area contributed by atoms with Crippen molar-refractivity contribution in [2.45, 2.75) is 20.3 Å². The molecule has 0 heterocycles. The molecule has 0 saturated carbocycles. The second-order valence-corrected chi connectivity index (χ2v) is 1.97. The highest BCUT2D eigenvalue weighted by Crippen LogP contribution is 2.01. The maximum Gasteiger partial charge on any atom is 0.0336 e. The van der Waals surface area contributed by atoms with E-state index in [4.69, 9.17) is 5.41 Å². The normalized spacial score (nSPS) is 12.8. The molecule has 0 aromatic carbocycles. The summed E-state index contributed by atoms with van der Waals surface area (Å²) in [5, 5.41) is 7.23. The van der Waals surface area contributed by atoms with Gasteiger partial charge < -0.3 is 5.41 Å². The molecule has 0 amide bonds. The quantitative estimate of drug-likeness (QED) is 0.540. The average Bonchev–Trinajstić information content (AvgIpc) is 1.84. The Morgan fingerprint density at radius 3 is 2.50 bits per heavy atom. The smallest absolute Gasteiger partial charge is 0.0336 e. The highest BCUT2D eigenvalue weighted by Gasteiger charge is 1.99. The predicted octanol–water partition coefficient (Wildman–Crippen LogP) is 2.24. The predicted molar refractivity (Wildman–Crippen MR) is 37.4 cm³/mol. The molecule has 1 unspecified atom stereocenters. The second-order valence-electron chi connectivity index (χ2n) is 1.97. The molecule has 0 fully saturated rings. The van der Waals surface area contributed by atoms with E-state index in [0.717, 1.165) is 6.42 Å². The van der Waals surface area contributed by atoms with Crippen molar-refractivity contribution in [1.82, 2.24) is 0 Å². The molecule has 0 aromatic heterocycles. The summed E-state index contributed by atoms with van der Waals surface area (Å²) in [6.45, 7) is 7.61. The lowest BCUT2D eigenvalue weighted by molar-refractivity contribution is 0.739. The third-order valence-corrected chi connectivity index (χ3v) is 1.36. The van der Waals surface area contributed by atoms with E-state index in [1.807, 2.05) is 6.92 Å². The van der Waals surface area contributed by atoms with E-state index in [1.54, 1.807) is 6.08 Å². The molecule has 0 rings (SSSR count). The Morgan fingerprint density at radius 2 is 2.38 bits per heavy atom. The Morgan fingerprint density at radius 1 is 1.88 bits per heavy atom. The van der Waals surface area contributed by atoms with Crippen molar-refractivity contribution in [2.75, 3.05) is 0 Å². The van der Waals surface area contributed by atoms with Crippen molar-refractivity contribution in [1.29, 1.82) is 5.41 Å². The standard InChI is InChI=1S/C7H13N/c1-4-6(3)7(8)5-2/h5-6,8H,2,4H2,1,3H3. The minimum Gasteiger partial charge on any atom is -0.305 e. The van der Waals surface area contributed by atoms with Gasteiger partial charge in [0.25, 0.3) is 0 Å². The summed E-state index contributed by atoms with van der Waals surface area (Å²) in [6.07, 6.45) is 2.64. The number of hydrogen-bond acceptors (Lipinski definition) is 1. The maximum atomic E-state index is 7.23. The van der Waals surface area contributed by atoms with Gasteiger partial charge in [-0.3, -0.25) is 0 Å². The topological polar surface area (TPSA) is 23.9 Å². The molecule has 0 bridgehead atoms. The van der Waals surface area contributed by atoms with E-state index in [2.05, 4.69) is 13.5 Å². The summed E-state index contributed by atoms with van der Waals surface area (Å²) in [4.78, 5) is 0. The van der Waals surface area contributed by atoms with Crippen LogP contribution in [0.1, 0.15) is 20.3 Å². The molecule has 0 aliphatic heterocycles. The molecule has 0 saturated heterocycles. The Hall–Kier alpha value is -0.590. The Labute approximate surface area is 50.9 Å². The van der Waals surface area contributed by atoms with Crippen LogP contribution in [-0.4, -0.2) is 5.71 Å². The molecule has 0 aliphatic rings. The zero-order valence-electron chi connectivity index (χ0n) is 5.57. The lowest BCUT2D eigenvalue weighted by Gasteiger charge is -2.03. The van der Waals surface area contributed by atoms with Gasteiger partial charge in [0.05, 0.1) is 0 Å². The van der Waals surface area contributed by atoms with Crippen LogP contribution < -0.4 is 0 Å². The lowest BCUT2D eigenvalue weighted by atomic mass is 10.0. The molecule has 0 radical (unpaired) electrons. The van der Waals surface area contributed by atoms with Crippen LogP contribution in [0.25, 0.3) is 0 Å². The summed E-state index contributed by atoms with van der Waals surface area (Å²) in [7, 11) is 0. The molecular formula is C7H13N. The van der Waals surface area contributed by atoms with Gasteiger partial charge in [0.1, 0.15) is 0 Å². The first kappa shape index (κ1) is 7.41. The van der Waals surface area contributed by atoms with E-state index in [0.29, 0.717) is 11.6 Å². The highest BCUT2D eigenvalue weighted by molar-refractivity contribution is 5.93. The molecule has 1 N–H and O–H groups in total. The summed E-state index contributed by atoms with van der Waals surface area (Å²) in [6, 6.07) is 0. The van der Waals surface area contributed by atoms with Crippen LogP contribution >= 0.6 is 0 Å². The van der Waals surface area contributed by atoms with Crippen molar-refractivity contribution >= 4 is 5.71 Å². The second kappa shape index (κ2) is 3.42. The Balaban J connectivity index is 3.62. The van der Waals surface area contributed by atoms with Crippen molar-refractivity contribution in [3.05, 3.63) is 12.7 Å². The number of nitrogens with one attached hydrogen (secondary N) is 1. The van der Waals surface area contributed by atoms with Crippen molar-refractivity contribution in [2.24, 2.45) is 5.92 Å². The summed E-state index contributed by atoms with van der Waals surface area (Å²) in [5.74, 6) is 0.382. The Bertz CT molecular complexity index is 94.6. The van der Waals surface area contributed by atoms with Crippen molar-refractivity contribution < 1.29 is 0 Å². The molecule has 0 aliphatic carbocycles. The molecule has 8 heavy (non-hydrogen) atoms. The van der Waals surface area contributed by atoms with Gasteiger partial charge in [-0.15, -0.1) is 0 Å². The summed E-state index contributed by atoms with van der Waals surface area (Å²) < 4.78 is 0. The van der Waals surface area contributed by atoms with Crippen LogP contribution in [0.3, 0.4) is 0 Å². The van der Waals surface area contributed by atoms with Crippen LogP contribution in [0.4, 0.5) is 0 Å². The molecule has 46 valence electrons. The van der Waals surface area contributed by atoms with E-state index < -0.39 is 0 Å². The minimum absolute atomic E-state index is 0.382. The highest BCUT2D eigenvalue weighted by atomic mass is 14.4. The minimum atomic E-state index is 0.382. The molecular weight excluding hydrogens is 98.1 g/mol. The fourth-order valence-corrected chi connectivity index (χ4v) is 0.421. The van der Waals surface area contributed by atoms with E-state index in [1.165, 1.54) is 0 Å². The first-order valence-corrected chi connectivity index (χ1v) is 2.93. The van der Waals surface area contributed by atoms with E-state index in [9.17, 15) is 0 Å². The van der Waals surface area contributed by atoms with Crippen molar-refractivity contribution in [3.8, 4) is 0 Å². The molecule has 1 heteroatoms. The van der Waals surface area contributed by atoms with Crippen LogP contribution in [0, 0.1) is 11.3 Å². The van der Waals surface area contributed by atoms with Crippen LogP contribution in [0.2, 0.25) is 0 Å². The SMILES string of the molecule is C=CC(=N)C(C)CC. The van der Waals surface area contributed by atoms with Gasteiger partial charge in [0, 0.05) is 5.71 Å². The van der Waals surface area contributed by atoms with E-state index >= 15 is 0 Å². The van der Waals surface area contributed by atoms with Gasteiger partial charge >= 0.3 is 0 Å². The van der Waals surface area contributed by atoms with Gasteiger partial charge in [0.2, 0.25) is 0 Å². The monoisotopic (exact) mass is 111 g/mol. The fraction of sp³-hybridized carbons (Fsp3) is 0.571. The van der Waals surface area contributed by atoms with Crippen LogP contribution in [0.5, 0.6) is 0 Å². The first-order valence-electron chi connectivity index (χ1n) is 2.93. The van der Waals surface area contributed by atoms with Gasteiger partial charge in [-0.25, -0.2) is 0 Å². The first-order chi connectivity index (χ1) is 3.72. The van der Waals surface area contributed by atoms with Gasteiger partial charge in [-0.1, -0.05) is 20.4 Å². The number of hydrogen-bond donors (Lipinski definition) is 1. The van der Waals surface area contributed by atoms with E-state index in [-0.39, 0.29) is 0 Å². The number of rotatable bonds is 3. The summed E-state index contributed by atoms with van der Waals surface area (Å²) >= 11 is 0. The van der Waals surface area contributed by atoms with Crippen LogP contribution in [0.15, 0.2) is 12.7 Å². The van der Waals surface area contributed by atoms with Gasteiger partial charge in [0.15, 0.2) is 0 Å². The largest absolute Gasteiger partial charge is 0.305 e. The molecule has 0 spiro atoms. The van der Waals surface area contributed by atoms with Gasteiger partial charge in [-0.05, 0) is 18.4 Å². The zero-order valence-corrected chi connectivity index (χ0v) is 5.57. The molecule has 0 aromatic rings. The fourth-order valence-electron chi connectivity index (χ4n) is 0.421. The maximum absolute atomic E-state index is 7.23. The Kier molecular flexibility index (Phi) is 3.16. The zero-order chi connectivity index (χ0) is 6.57. The number of allylic oxidation sites excluding steroid dienone is 1. The van der Waals surface area contributed by atoms with Gasteiger partial charge in [-0.2, -0.15) is 0 Å². The third-order valence-electron chi connectivity index (χ3n) is 1.36. The van der Waals surface area contributed by atoms with Crippen molar-refractivity contribution in [3.63, 3.8) is 0 Å². The average molecular weight is 111 g/mol. The third kappa shape index (κ3) is 1.92. The lowest BCUT2D eigenvalue weighted by Crippen LogP contribution is -2.03. The van der Waals surface area contributed by atoms with Crippen LogP contribution in [-0.2, 0) is 0 Å². The summed E-state index contributed by atoms with van der Waals surface area (Å²) in [5.41, 5.74) is 0.646.